The van der Waals surface area contributed by atoms with E-state index in [1.54, 1.807) is 0 Å². The van der Waals surface area contributed by atoms with Gasteiger partial charge in [0.15, 0.2) is 0 Å². The van der Waals surface area contributed by atoms with Crippen LogP contribution in [0.1, 0.15) is 158 Å². The first-order valence-electron chi connectivity index (χ1n) is 16.8. The fraction of sp³-hybridized carbons (Fsp3) is 1.00. The summed E-state index contributed by atoms with van der Waals surface area (Å²) in [7, 11) is 3.56. The summed E-state index contributed by atoms with van der Waals surface area (Å²) in [5.74, 6) is 0. The average Bonchev–Trinajstić information content (AvgIpc) is 2.93. The quantitative estimate of drug-likeness (QED) is 0.0861. The zero-order chi connectivity index (χ0) is 28.6. The third-order valence-electron chi connectivity index (χ3n) is 8.91. The van der Waals surface area contributed by atoms with Crippen molar-refractivity contribution in [2.45, 2.75) is 158 Å². The maximum atomic E-state index is 11.6. The van der Waals surface area contributed by atoms with Crippen molar-refractivity contribution in [2.75, 3.05) is 49.3 Å². The number of unbranched alkanes of at least 4 members (excludes halogenated alkanes) is 8. The number of hydrogen-bond donors (Lipinski definition) is 1. The van der Waals surface area contributed by atoms with Gasteiger partial charge in [0, 0.05) is 0 Å². The minimum absolute atomic E-state index is 1.14. The van der Waals surface area contributed by atoms with Gasteiger partial charge in [-0.2, -0.15) is 0 Å². The van der Waals surface area contributed by atoms with Crippen molar-refractivity contribution in [3.8, 4) is 0 Å². The van der Waals surface area contributed by atoms with Crippen LogP contribution in [0.15, 0.2) is 0 Å². The molecule has 2 nitrogen and oxygen atoms in total. The van der Waals surface area contributed by atoms with E-state index in [1.807, 2.05) is 0 Å². The zero-order valence-corrected chi connectivity index (χ0v) is 30.0. The molecule has 0 aliphatic rings. The van der Waals surface area contributed by atoms with Crippen LogP contribution < -0.4 is 0 Å². The van der Waals surface area contributed by atoms with E-state index in [-0.39, 0.29) is 0 Å². The molecule has 0 aliphatic carbocycles. The van der Waals surface area contributed by atoms with Gasteiger partial charge in [-0.1, -0.05) is 0 Å². The fourth-order valence-corrected chi connectivity index (χ4v) is 19.1. The molecular formula is C32H73O2P2Si. The van der Waals surface area contributed by atoms with Crippen LogP contribution in [0.25, 0.3) is 0 Å². The Kier molecular flexibility index (Phi) is 24.6. The van der Waals surface area contributed by atoms with Crippen molar-refractivity contribution in [1.82, 2.24) is 0 Å². The molecule has 0 aromatic carbocycles. The van der Waals surface area contributed by atoms with E-state index < -0.39 is 13.7 Å². The normalized spacial score (nSPS) is 14.3. The summed E-state index contributed by atoms with van der Waals surface area (Å²) in [6.07, 6.45) is 30.2. The van der Waals surface area contributed by atoms with Gasteiger partial charge >= 0.3 is 241 Å². The molecule has 0 rings (SSSR count). The monoisotopic (exact) mass is 579 g/mol. The van der Waals surface area contributed by atoms with Crippen molar-refractivity contribution in [2.24, 2.45) is 0 Å². The molecule has 0 atom stereocenters. The van der Waals surface area contributed by atoms with Gasteiger partial charge in [-0.05, 0) is 0 Å². The molecule has 0 aromatic heterocycles. The van der Waals surface area contributed by atoms with Gasteiger partial charge in [-0.15, -0.1) is 0 Å². The summed E-state index contributed by atoms with van der Waals surface area (Å²) in [4.78, 5) is 11.6. The van der Waals surface area contributed by atoms with Crippen LogP contribution in [-0.2, 0) is 4.21 Å². The van der Waals surface area contributed by atoms with E-state index in [0.717, 1.165) is 24.6 Å². The first-order valence-corrected chi connectivity index (χ1v) is 23.0. The molecule has 5 heteroatoms. The Morgan fingerprint density at radius 3 is 0.757 bits per heavy atom. The Bertz CT molecular complexity index is 428. The summed E-state index contributed by atoms with van der Waals surface area (Å²) in [6.45, 7) is 13.9. The molecule has 0 unspecified atom stereocenters. The summed E-state index contributed by atoms with van der Waals surface area (Å²) in [5, 5.41) is 0. The predicted octanol–water partition coefficient (Wildman–Crippen LogP) is 11.4. The Hall–Kier alpha value is 0.997. The van der Waals surface area contributed by atoms with Crippen LogP contribution in [0.5, 0.6) is 0 Å². The first kappa shape index (κ1) is 40.1. The topological polar surface area (TPSA) is 29.5 Å². The molecule has 227 valence electrons. The molecule has 0 bridgehead atoms. The molecule has 0 heterocycles. The standard InChI is InChI=1S/C16H36OPSi.C16H37OP/c1-5-9-13-18(17-19,14-10-6-2,15-11-7-3)16-12-8-4;1-5-9-13-18(17,14-10-6-2,15-11-7-3)16-12-8-4/h5-16H2,1-4H3;17H,5-16H2,1-4H3. The van der Waals surface area contributed by atoms with Gasteiger partial charge in [0.05, 0.1) is 0 Å². The molecule has 37 heavy (non-hydrogen) atoms. The van der Waals surface area contributed by atoms with E-state index in [0.29, 0.717) is 0 Å². The Labute approximate surface area is 240 Å². The van der Waals surface area contributed by atoms with E-state index >= 15 is 0 Å². The second-order valence-electron chi connectivity index (χ2n) is 12.5. The average molecular weight is 580 g/mol. The van der Waals surface area contributed by atoms with Gasteiger partial charge in [0.2, 0.25) is 0 Å². The molecule has 0 amide bonds. The van der Waals surface area contributed by atoms with Crippen molar-refractivity contribution in [3.05, 3.63) is 0 Å². The van der Waals surface area contributed by atoms with Crippen LogP contribution >= 0.6 is 13.7 Å². The van der Waals surface area contributed by atoms with Crippen molar-refractivity contribution in [1.29, 1.82) is 0 Å². The summed E-state index contributed by atoms with van der Waals surface area (Å²) in [5.41, 5.74) is 0. The van der Waals surface area contributed by atoms with Gasteiger partial charge < -0.3 is 0 Å². The van der Waals surface area contributed by atoms with Crippen LogP contribution in [0, 0.1) is 0 Å². The van der Waals surface area contributed by atoms with E-state index in [9.17, 15) is 4.89 Å². The second kappa shape index (κ2) is 22.7. The van der Waals surface area contributed by atoms with Crippen LogP contribution in [0.2, 0.25) is 0 Å². The van der Waals surface area contributed by atoms with Gasteiger partial charge in [0.1, 0.15) is 0 Å². The zero-order valence-electron chi connectivity index (χ0n) is 27.2. The van der Waals surface area contributed by atoms with Crippen LogP contribution in [0.3, 0.4) is 0 Å². The van der Waals surface area contributed by atoms with Crippen molar-refractivity contribution < 1.29 is 9.11 Å². The van der Waals surface area contributed by atoms with Crippen LogP contribution in [-0.4, -0.2) is 64.7 Å². The second-order valence-corrected chi connectivity index (χ2v) is 24.3. The first-order chi connectivity index (χ1) is 17.7. The molecule has 0 fully saturated rings. The molecule has 1 N–H and O–H groups in total. The molecule has 3 radical (unpaired) electrons. The van der Waals surface area contributed by atoms with E-state index in [4.69, 9.17) is 4.21 Å². The third-order valence-corrected chi connectivity index (χ3v) is 22.6. The SMILES string of the molecule is CCCCP(CCCC)(CCCC)(CCCC)O[Si].CCCCP(O)(CCCC)(CCCC)CCCC. The number of rotatable bonds is 25. The van der Waals surface area contributed by atoms with Crippen molar-refractivity contribution in [3.63, 3.8) is 0 Å². The molecule has 0 aliphatic heterocycles. The van der Waals surface area contributed by atoms with Gasteiger partial charge in [0.25, 0.3) is 0 Å². The Morgan fingerprint density at radius 2 is 0.595 bits per heavy atom. The minimum atomic E-state index is -2.36. The molecule has 0 spiro atoms. The maximum absolute atomic E-state index is 11.6. The summed E-state index contributed by atoms with van der Waals surface area (Å²) < 4.78 is 6.27. The summed E-state index contributed by atoms with van der Waals surface area (Å²) in [6, 6.07) is 0. The summed E-state index contributed by atoms with van der Waals surface area (Å²) >= 11 is 0. The third kappa shape index (κ3) is 16.1. The predicted molar refractivity (Wildman–Crippen MR) is 181 cm³/mol. The Morgan fingerprint density at radius 1 is 0.405 bits per heavy atom. The molecular weight excluding hydrogens is 506 g/mol. The number of hydrogen-bond acceptors (Lipinski definition) is 2. The fourth-order valence-electron chi connectivity index (χ4n) is 6.01. The molecule has 0 saturated heterocycles. The van der Waals surface area contributed by atoms with Crippen LogP contribution in [0.4, 0.5) is 0 Å². The van der Waals surface area contributed by atoms with Crippen molar-refractivity contribution >= 4 is 24.1 Å². The van der Waals surface area contributed by atoms with Gasteiger partial charge in [-0.3, -0.25) is 0 Å². The Balaban J connectivity index is 0. The van der Waals surface area contributed by atoms with Gasteiger partial charge in [-0.25, -0.2) is 0 Å². The molecule has 0 saturated carbocycles. The van der Waals surface area contributed by atoms with E-state index in [2.05, 4.69) is 65.9 Å². The molecule has 0 aromatic rings. The van der Waals surface area contributed by atoms with E-state index in [1.165, 1.54) is 127 Å².